The minimum atomic E-state index is -0.873. The summed E-state index contributed by atoms with van der Waals surface area (Å²) in [6.45, 7) is 4.61. The summed E-state index contributed by atoms with van der Waals surface area (Å²) >= 11 is 0. The van der Waals surface area contributed by atoms with Crippen molar-refractivity contribution in [3.8, 4) is 22.7 Å². The van der Waals surface area contributed by atoms with E-state index in [1.807, 2.05) is 73.8 Å². The third-order valence-corrected chi connectivity index (χ3v) is 5.22. The van der Waals surface area contributed by atoms with Gasteiger partial charge in [0.1, 0.15) is 11.4 Å². The van der Waals surface area contributed by atoms with E-state index in [0.29, 0.717) is 23.6 Å². The van der Waals surface area contributed by atoms with Gasteiger partial charge in [-0.05, 0) is 67.4 Å². The molecule has 0 bridgehead atoms. The molecular weight excluding hydrogens is 454 g/mol. The normalized spacial score (nSPS) is 10.8. The summed E-state index contributed by atoms with van der Waals surface area (Å²) in [6, 6.07) is 24.5. The maximum absolute atomic E-state index is 12.3. The summed E-state index contributed by atoms with van der Waals surface area (Å²) in [5.74, 6) is -0.895. The molecule has 8 nitrogen and oxygen atoms in total. The molecule has 4 rings (SSSR count). The number of hydrogen-bond acceptors (Lipinski definition) is 5. The van der Waals surface area contributed by atoms with Gasteiger partial charge in [-0.1, -0.05) is 37.3 Å². The van der Waals surface area contributed by atoms with Crippen molar-refractivity contribution in [1.82, 2.24) is 15.2 Å². The number of rotatable bonds is 8. The lowest BCUT2D eigenvalue weighted by Gasteiger charge is -2.05. The summed E-state index contributed by atoms with van der Waals surface area (Å²) in [5.41, 5.74) is 6.87. The van der Waals surface area contributed by atoms with E-state index in [-0.39, 0.29) is 0 Å². The quantitative estimate of drug-likeness (QED) is 0.216. The fraction of sp³-hybridized carbons (Fsp3) is 0.143. The van der Waals surface area contributed by atoms with E-state index in [0.717, 1.165) is 29.0 Å². The summed E-state index contributed by atoms with van der Waals surface area (Å²) in [5, 5.41) is 11.3. The summed E-state index contributed by atoms with van der Waals surface area (Å²) in [4.78, 5) is 24.5. The van der Waals surface area contributed by atoms with E-state index in [4.69, 9.17) is 9.84 Å². The van der Waals surface area contributed by atoms with E-state index in [9.17, 15) is 9.59 Å². The van der Waals surface area contributed by atoms with Crippen molar-refractivity contribution in [2.75, 3.05) is 11.9 Å². The molecule has 4 aromatic rings. The highest BCUT2D eigenvalue weighted by molar-refractivity contribution is 6.39. The van der Waals surface area contributed by atoms with Crippen LogP contribution in [0.25, 0.3) is 16.9 Å². The van der Waals surface area contributed by atoms with E-state index in [1.54, 1.807) is 22.9 Å². The van der Waals surface area contributed by atoms with Gasteiger partial charge in [-0.15, -0.1) is 0 Å². The van der Waals surface area contributed by atoms with Crippen molar-refractivity contribution in [1.29, 1.82) is 0 Å². The van der Waals surface area contributed by atoms with Crippen LogP contribution in [0.4, 0.5) is 5.69 Å². The van der Waals surface area contributed by atoms with Gasteiger partial charge >= 0.3 is 11.8 Å². The lowest BCUT2D eigenvalue weighted by Crippen LogP contribution is -2.32. The Morgan fingerprint density at radius 2 is 1.78 bits per heavy atom. The Balaban J connectivity index is 1.53. The highest BCUT2D eigenvalue weighted by atomic mass is 16.5. The first-order valence-corrected chi connectivity index (χ1v) is 11.6. The first-order valence-electron chi connectivity index (χ1n) is 11.6. The molecule has 182 valence electrons. The molecule has 1 aromatic heterocycles. The average Bonchev–Trinajstić information content (AvgIpc) is 3.32. The second-order valence-electron chi connectivity index (χ2n) is 8.11. The van der Waals surface area contributed by atoms with Crippen LogP contribution in [0.15, 0.2) is 90.2 Å². The van der Waals surface area contributed by atoms with Crippen molar-refractivity contribution in [2.45, 2.75) is 20.3 Å². The second kappa shape index (κ2) is 11.6. The van der Waals surface area contributed by atoms with Gasteiger partial charge in [0.2, 0.25) is 0 Å². The van der Waals surface area contributed by atoms with Crippen LogP contribution in [-0.2, 0) is 9.59 Å². The molecule has 8 heteroatoms. The number of anilines is 1. The average molecular weight is 482 g/mol. The molecule has 36 heavy (non-hydrogen) atoms. The Kier molecular flexibility index (Phi) is 7.87. The Labute approximate surface area is 209 Å². The van der Waals surface area contributed by atoms with Crippen molar-refractivity contribution < 1.29 is 14.3 Å². The van der Waals surface area contributed by atoms with Crippen LogP contribution in [0.2, 0.25) is 0 Å². The number of ether oxygens (including phenoxy) is 1. The van der Waals surface area contributed by atoms with Crippen LogP contribution < -0.4 is 15.5 Å². The van der Waals surface area contributed by atoms with Gasteiger partial charge in [-0.2, -0.15) is 10.2 Å². The number of aryl methyl sites for hydroxylation is 1. The van der Waals surface area contributed by atoms with Gasteiger partial charge in [0, 0.05) is 23.0 Å². The Morgan fingerprint density at radius 1 is 1.00 bits per heavy atom. The van der Waals surface area contributed by atoms with Crippen molar-refractivity contribution >= 4 is 23.7 Å². The maximum atomic E-state index is 12.3. The molecule has 0 saturated heterocycles. The van der Waals surface area contributed by atoms with E-state index in [1.165, 1.54) is 6.21 Å². The molecule has 0 aliphatic rings. The number of nitrogens with one attached hydrogen (secondary N) is 2. The number of amides is 2. The summed E-state index contributed by atoms with van der Waals surface area (Å²) in [7, 11) is 0. The van der Waals surface area contributed by atoms with Crippen LogP contribution in [0, 0.1) is 6.92 Å². The van der Waals surface area contributed by atoms with Gasteiger partial charge in [0.05, 0.1) is 18.5 Å². The molecule has 3 aromatic carbocycles. The summed E-state index contributed by atoms with van der Waals surface area (Å²) < 4.78 is 7.42. The predicted molar refractivity (Wildman–Crippen MR) is 140 cm³/mol. The second-order valence-corrected chi connectivity index (χ2v) is 8.11. The van der Waals surface area contributed by atoms with Crippen LogP contribution in [0.5, 0.6) is 5.75 Å². The zero-order valence-corrected chi connectivity index (χ0v) is 20.1. The third-order valence-electron chi connectivity index (χ3n) is 5.22. The first kappa shape index (κ1) is 24.4. The number of para-hydroxylation sites is 1. The van der Waals surface area contributed by atoms with Gasteiger partial charge in [0.25, 0.3) is 0 Å². The maximum Gasteiger partial charge on any atom is 0.329 e. The number of carbonyl (C=O) groups is 2. The SMILES string of the molecule is CCCOc1ccc(-c2nn(-c3ccccc3)cc2C=NNC(=O)C(=O)Nc2cccc(C)c2)cc1. The van der Waals surface area contributed by atoms with Gasteiger partial charge in [-0.3, -0.25) is 9.59 Å². The number of nitrogens with zero attached hydrogens (tertiary/aromatic N) is 3. The predicted octanol–water partition coefficient (Wildman–Crippen LogP) is 4.73. The van der Waals surface area contributed by atoms with Crippen LogP contribution >= 0.6 is 0 Å². The lowest BCUT2D eigenvalue weighted by molar-refractivity contribution is -0.136. The molecule has 0 atom stereocenters. The Morgan fingerprint density at radius 3 is 2.50 bits per heavy atom. The molecule has 0 saturated carbocycles. The molecule has 0 aliphatic heterocycles. The standard InChI is InChI=1S/C28H27N5O3/c1-3-16-36-25-14-12-21(13-15-25)26-22(19-33(32-26)24-10-5-4-6-11-24)18-29-31-28(35)27(34)30-23-9-7-8-20(2)17-23/h4-15,17-19H,3,16H2,1-2H3,(H,30,34)(H,31,35). The van der Waals surface area contributed by atoms with Crippen molar-refractivity contribution in [2.24, 2.45) is 5.10 Å². The van der Waals surface area contributed by atoms with Crippen molar-refractivity contribution in [3.05, 3.63) is 96.2 Å². The smallest absolute Gasteiger partial charge is 0.329 e. The lowest BCUT2D eigenvalue weighted by atomic mass is 10.1. The number of aromatic nitrogens is 2. The molecule has 0 aliphatic carbocycles. The van der Waals surface area contributed by atoms with Gasteiger partial charge in [0.15, 0.2) is 0 Å². The number of carbonyl (C=O) groups excluding carboxylic acids is 2. The minimum Gasteiger partial charge on any atom is -0.494 e. The highest BCUT2D eigenvalue weighted by Crippen LogP contribution is 2.25. The van der Waals surface area contributed by atoms with Crippen LogP contribution in [0.3, 0.4) is 0 Å². The zero-order chi connectivity index (χ0) is 25.3. The Bertz CT molecular complexity index is 1360. The zero-order valence-electron chi connectivity index (χ0n) is 20.1. The van der Waals surface area contributed by atoms with Crippen LogP contribution in [0.1, 0.15) is 24.5 Å². The Hall–Kier alpha value is -4.72. The molecule has 0 unspecified atom stereocenters. The topological polar surface area (TPSA) is 97.6 Å². The number of benzene rings is 3. The van der Waals surface area contributed by atoms with E-state index in [2.05, 4.69) is 22.8 Å². The van der Waals surface area contributed by atoms with Crippen molar-refractivity contribution in [3.63, 3.8) is 0 Å². The monoisotopic (exact) mass is 481 g/mol. The molecular formula is C28H27N5O3. The highest BCUT2D eigenvalue weighted by Gasteiger charge is 2.14. The number of hydrazone groups is 1. The fourth-order valence-electron chi connectivity index (χ4n) is 3.47. The first-order chi connectivity index (χ1) is 17.5. The molecule has 2 amide bonds. The van der Waals surface area contributed by atoms with Gasteiger partial charge in [-0.25, -0.2) is 10.1 Å². The van der Waals surface area contributed by atoms with E-state index >= 15 is 0 Å². The fourth-order valence-corrected chi connectivity index (χ4v) is 3.47. The number of hydrogen-bond donors (Lipinski definition) is 2. The molecule has 0 spiro atoms. The molecule has 0 radical (unpaired) electrons. The van der Waals surface area contributed by atoms with E-state index < -0.39 is 11.8 Å². The molecule has 2 N–H and O–H groups in total. The van der Waals surface area contributed by atoms with Gasteiger partial charge < -0.3 is 10.1 Å². The molecule has 0 fully saturated rings. The van der Waals surface area contributed by atoms with Crippen LogP contribution in [-0.4, -0.2) is 34.4 Å². The largest absolute Gasteiger partial charge is 0.494 e. The minimum absolute atomic E-state index is 0.539. The third kappa shape index (κ3) is 6.24. The summed E-state index contributed by atoms with van der Waals surface area (Å²) in [6.07, 6.45) is 4.22. The molecule has 1 heterocycles.